The number of carbonyl (C=O) groups excluding carboxylic acids is 2. The highest BCUT2D eigenvalue weighted by Gasteiger charge is 2.21. The summed E-state index contributed by atoms with van der Waals surface area (Å²) in [4.78, 5) is 22.4. The Bertz CT molecular complexity index is 413. The van der Waals surface area contributed by atoms with Crippen LogP contribution >= 0.6 is 22.9 Å². The lowest BCUT2D eigenvalue weighted by Crippen LogP contribution is -2.05. The minimum atomic E-state index is -0.490. The molecule has 1 unspecified atom stereocenters. The molecule has 1 heterocycles. The van der Waals surface area contributed by atoms with Gasteiger partial charge in [-0.05, 0) is 6.92 Å². The largest absolute Gasteiger partial charge is 0.465 e. The third kappa shape index (κ3) is 2.74. The summed E-state index contributed by atoms with van der Waals surface area (Å²) < 4.78 is 9.55. The summed E-state index contributed by atoms with van der Waals surface area (Å²) in [6.07, 6.45) is -0.473. The Morgan fingerprint density at radius 2 is 2.12 bits per heavy atom. The predicted octanol–water partition coefficient (Wildman–Crippen LogP) is 2.81. The maximum Gasteiger partial charge on any atom is 0.349 e. The van der Waals surface area contributed by atoms with Crippen LogP contribution in [0.5, 0.6) is 0 Å². The minimum Gasteiger partial charge on any atom is -0.465 e. The van der Waals surface area contributed by atoms with Crippen molar-refractivity contribution in [1.82, 2.24) is 0 Å². The number of rotatable bonds is 3. The SMILES string of the molecule is COC(=O)c1scc(C(C)OC(C)=O)c1Cl. The number of carbonyl (C=O) groups is 2. The van der Waals surface area contributed by atoms with Crippen molar-refractivity contribution in [2.24, 2.45) is 0 Å². The van der Waals surface area contributed by atoms with Crippen LogP contribution in [0.4, 0.5) is 0 Å². The number of methoxy groups -OCH3 is 1. The van der Waals surface area contributed by atoms with E-state index in [0.717, 1.165) is 0 Å². The third-order valence-corrected chi connectivity index (χ3v) is 3.41. The fraction of sp³-hybridized carbons (Fsp3) is 0.400. The van der Waals surface area contributed by atoms with Crippen LogP contribution in [-0.2, 0) is 14.3 Å². The summed E-state index contributed by atoms with van der Waals surface area (Å²) in [5.74, 6) is -0.884. The lowest BCUT2D eigenvalue weighted by molar-refractivity contribution is -0.145. The Hall–Kier alpha value is -1.07. The van der Waals surface area contributed by atoms with Gasteiger partial charge in [0.25, 0.3) is 0 Å². The molecule has 0 aliphatic carbocycles. The van der Waals surface area contributed by atoms with Crippen LogP contribution in [-0.4, -0.2) is 19.0 Å². The van der Waals surface area contributed by atoms with E-state index in [2.05, 4.69) is 4.74 Å². The zero-order valence-electron chi connectivity index (χ0n) is 9.07. The molecule has 0 spiro atoms. The van der Waals surface area contributed by atoms with Gasteiger partial charge in [-0.2, -0.15) is 0 Å². The van der Waals surface area contributed by atoms with Gasteiger partial charge < -0.3 is 9.47 Å². The number of hydrogen-bond donors (Lipinski definition) is 0. The molecule has 0 bridgehead atoms. The standard InChI is InChI=1S/C10H11ClO4S/c1-5(15-6(2)12)7-4-16-9(8(7)11)10(13)14-3/h4-5H,1-3H3. The lowest BCUT2D eigenvalue weighted by atomic mass is 10.2. The Balaban J connectivity index is 2.95. The van der Waals surface area contributed by atoms with Gasteiger partial charge >= 0.3 is 11.9 Å². The van der Waals surface area contributed by atoms with Crippen molar-refractivity contribution in [2.45, 2.75) is 20.0 Å². The van der Waals surface area contributed by atoms with Gasteiger partial charge in [0, 0.05) is 17.9 Å². The van der Waals surface area contributed by atoms with Crippen molar-refractivity contribution in [2.75, 3.05) is 7.11 Å². The molecule has 0 aliphatic heterocycles. The van der Waals surface area contributed by atoms with Gasteiger partial charge in [-0.1, -0.05) is 11.6 Å². The molecule has 1 aromatic heterocycles. The fourth-order valence-corrected chi connectivity index (χ4v) is 2.61. The van der Waals surface area contributed by atoms with E-state index in [9.17, 15) is 9.59 Å². The van der Waals surface area contributed by atoms with Gasteiger partial charge in [0.15, 0.2) is 0 Å². The van der Waals surface area contributed by atoms with Crippen LogP contribution < -0.4 is 0 Å². The quantitative estimate of drug-likeness (QED) is 0.786. The predicted molar refractivity (Wildman–Crippen MR) is 60.8 cm³/mol. The van der Waals surface area contributed by atoms with E-state index in [1.54, 1.807) is 12.3 Å². The molecule has 0 aromatic carbocycles. The molecule has 0 saturated carbocycles. The van der Waals surface area contributed by atoms with Crippen LogP contribution in [0.15, 0.2) is 5.38 Å². The summed E-state index contributed by atoms with van der Waals surface area (Å²) in [5.41, 5.74) is 0.613. The van der Waals surface area contributed by atoms with E-state index in [1.807, 2.05) is 0 Å². The molecule has 0 N–H and O–H groups in total. The van der Waals surface area contributed by atoms with Gasteiger partial charge in [0.05, 0.1) is 12.1 Å². The topological polar surface area (TPSA) is 52.6 Å². The molecule has 0 aliphatic rings. The second-order valence-corrected chi connectivity index (χ2v) is 4.34. The first-order valence-corrected chi connectivity index (χ1v) is 5.75. The number of thiophene rings is 1. The van der Waals surface area contributed by atoms with Crippen molar-refractivity contribution in [1.29, 1.82) is 0 Å². The smallest absolute Gasteiger partial charge is 0.349 e. The highest BCUT2D eigenvalue weighted by Crippen LogP contribution is 2.34. The third-order valence-electron chi connectivity index (χ3n) is 1.91. The van der Waals surface area contributed by atoms with E-state index < -0.39 is 18.0 Å². The number of hydrogen-bond acceptors (Lipinski definition) is 5. The van der Waals surface area contributed by atoms with Crippen LogP contribution in [0.2, 0.25) is 5.02 Å². The van der Waals surface area contributed by atoms with Crippen molar-refractivity contribution < 1.29 is 19.1 Å². The summed E-state index contributed by atoms with van der Waals surface area (Å²) in [7, 11) is 1.29. The van der Waals surface area contributed by atoms with Gasteiger partial charge in [-0.3, -0.25) is 4.79 Å². The summed E-state index contributed by atoms with van der Waals surface area (Å²) in [6.45, 7) is 3.01. The van der Waals surface area contributed by atoms with Gasteiger partial charge in [0.2, 0.25) is 0 Å². The Morgan fingerprint density at radius 1 is 1.50 bits per heavy atom. The van der Waals surface area contributed by atoms with Crippen molar-refractivity contribution in [3.05, 3.63) is 20.8 Å². The Kier molecular flexibility index (Phi) is 4.32. The first-order chi connectivity index (χ1) is 7.47. The molecule has 0 radical (unpaired) electrons. The van der Waals surface area contributed by atoms with E-state index in [-0.39, 0.29) is 5.02 Å². The molecule has 16 heavy (non-hydrogen) atoms. The van der Waals surface area contributed by atoms with Crippen LogP contribution in [0.25, 0.3) is 0 Å². The summed E-state index contributed by atoms with van der Waals surface area (Å²) >= 11 is 7.16. The second kappa shape index (κ2) is 5.32. The maximum absolute atomic E-state index is 11.3. The molecule has 1 aromatic rings. The van der Waals surface area contributed by atoms with E-state index in [4.69, 9.17) is 16.3 Å². The lowest BCUT2D eigenvalue weighted by Gasteiger charge is -2.10. The molecular weight excluding hydrogens is 252 g/mol. The average Bonchev–Trinajstić information content (AvgIpc) is 2.58. The Morgan fingerprint density at radius 3 is 2.62 bits per heavy atom. The molecule has 1 rings (SSSR count). The average molecular weight is 263 g/mol. The number of esters is 2. The van der Waals surface area contributed by atoms with E-state index >= 15 is 0 Å². The molecule has 0 saturated heterocycles. The molecule has 4 nitrogen and oxygen atoms in total. The van der Waals surface area contributed by atoms with E-state index in [0.29, 0.717) is 10.4 Å². The molecule has 0 amide bonds. The molecule has 6 heteroatoms. The van der Waals surface area contributed by atoms with Crippen molar-refractivity contribution >= 4 is 34.9 Å². The maximum atomic E-state index is 11.3. The number of ether oxygens (including phenoxy) is 2. The fourth-order valence-electron chi connectivity index (χ4n) is 1.17. The molecule has 88 valence electrons. The number of halogens is 1. The normalized spacial score (nSPS) is 12.0. The first-order valence-electron chi connectivity index (χ1n) is 4.49. The van der Waals surface area contributed by atoms with Gasteiger partial charge in [-0.15, -0.1) is 11.3 Å². The Labute approximate surface area is 102 Å². The zero-order valence-corrected chi connectivity index (χ0v) is 10.6. The first kappa shape index (κ1) is 13.0. The zero-order chi connectivity index (χ0) is 12.3. The van der Waals surface area contributed by atoms with Crippen LogP contribution in [0, 0.1) is 0 Å². The van der Waals surface area contributed by atoms with Gasteiger partial charge in [-0.25, -0.2) is 4.79 Å². The monoisotopic (exact) mass is 262 g/mol. The van der Waals surface area contributed by atoms with Crippen LogP contribution in [0.3, 0.4) is 0 Å². The highest BCUT2D eigenvalue weighted by atomic mass is 35.5. The van der Waals surface area contributed by atoms with Gasteiger partial charge in [0.1, 0.15) is 11.0 Å². The van der Waals surface area contributed by atoms with Crippen LogP contribution in [0.1, 0.15) is 35.2 Å². The van der Waals surface area contributed by atoms with Crippen molar-refractivity contribution in [3.8, 4) is 0 Å². The highest BCUT2D eigenvalue weighted by molar-refractivity contribution is 7.12. The molecule has 1 atom stereocenters. The molecule has 0 fully saturated rings. The van der Waals surface area contributed by atoms with Crippen molar-refractivity contribution in [3.63, 3.8) is 0 Å². The second-order valence-electron chi connectivity index (χ2n) is 3.08. The molecular formula is C10H11ClO4S. The minimum absolute atomic E-state index is 0.283. The van der Waals surface area contributed by atoms with E-state index in [1.165, 1.54) is 25.4 Å². The summed E-state index contributed by atoms with van der Waals surface area (Å²) in [5, 5.41) is 1.97. The summed E-state index contributed by atoms with van der Waals surface area (Å²) in [6, 6.07) is 0.